The monoisotopic (exact) mass is 196 g/mol. The number of ether oxygens (including phenoxy) is 1. The zero-order chi connectivity index (χ0) is 10.8. The minimum absolute atomic E-state index is 0.0936. The van der Waals surface area contributed by atoms with Gasteiger partial charge in [0.1, 0.15) is 5.92 Å². The van der Waals surface area contributed by atoms with E-state index in [4.69, 9.17) is 10.00 Å². The molecule has 0 saturated carbocycles. The van der Waals surface area contributed by atoms with Gasteiger partial charge >= 0.3 is 0 Å². The van der Waals surface area contributed by atoms with Crippen LogP contribution in [0.3, 0.4) is 0 Å². The van der Waals surface area contributed by atoms with E-state index in [9.17, 15) is 4.79 Å². The van der Waals surface area contributed by atoms with E-state index in [1.165, 1.54) is 0 Å². The van der Waals surface area contributed by atoms with E-state index in [1.807, 2.05) is 19.9 Å². The zero-order valence-electron chi connectivity index (χ0n) is 8.91. The van der Waals surface area contributed by atoms with Crippen LogP contribution in [0.2, 0.25) is 0 Å². The second kappa shape index (κ2) is 3.97. The highest BCUT2D eigenvalue weighted by atomic mass is 16.5. The summed E-state index contributed by atoms with van der Waals surface area (Å²) in [7, 11) is 0. The predicted octanol–water partition coefficient (Wildman–Crippen LogP) is 0.783. The van der Waals surface area contributed by atoms with Gasteiger partial charge in [0, 0.05) is 13.1 Å². The van der Waals surface area contributed by atoms with Gasteiger partial charge in [-0.2, -0.15) is 5.26 Å². The number of hydrogen-bond donors (Lipinski definition) is 0. The highest BCUT2D eigenvalue weighted by molar-refractivity contribution is 5.80. The molecule has 4 heteroatoms. The Hall–Kier alpha value is -1.08. The molecule has 0 aromatic rings. The lowest BCUT2D eigenvalue weighted by Gasteiger charge is -2.38. The fraction of sp³-hybridized carbons (Fsp3) is 0.800. The van der Waals surface area contributed by atoms with Gasteiger partial charge in [-0.25, -0.2) is 0 Å². The molecule has 0 aliphatic carbocycles. The average Bonchev–Trinajstić information content (AvgIpc) is 2.14. The molecule has 4 nitrogen and oxygen atoms in total. The number of carbonyl (C=O) groups is 1. The number of amides is 1. The van der Waals surface area contributed by atoms with Crippen LogP contribution in [0.5, 0.6) is 0 Å². The smallest absolute Gasteiger partial charge is 0.239 e. The van der Waals surface area contributed by atoms with E-state index in [1.54, 1.807) is 11.8 Å². The summed E-state index contributed by atoms with van der Waals surface area (Å²) < 4.78 is 5.48. The Labute approximate surface area is 84.4 Å². The van der Waals surface area contributed by atoms with Crippen LogP contribution in [0.1, 0.15) is 20.8 Å². The molecular formula is C10H16N2O2. The molecule has 14 heavy (non-hydrogen) atoms. The van der Waals surface area contributed by atoms with Crippen LogP contribution in [-0.4, -0.2) is 36.1 Å². The van der Waals surface area contributed by atoms with Crippen LogP contribution in [0.4, 0.5) is 0 Å². The van der Waals surface area contributed by atoms with Crippen molar-refractivity contribution in [2.75, 3.05) is 19.7 Å². The molecule has 1 fully saturated rings. The van der Waals surface area contributed by atoms with Gasteiger partial charge in [-0.3, -0.25) is 4.79 Å². The fourth-order valence-electron chi connectivity index (χ4n) is 1.53. The van der Waals surface area contributed by atoms with E-state index in [-0.39, 0.29) is 11.5 Å². The van der Waals surface area contributed by atoms with Gasteiger partial charge in [-0.05, 0) is 20.8 Å². The lowest BCUT2D eigenvalue weighted by Crippen LogP contribution is -2.51. The van der Waals surface area contributed by atoms with Gasteiger partial charge in [-0.1, -0.05) is 0 Å². The summed E-state index contributed by atoms with van der Waals surface area (Å²) in [5.74, 6) is -0.646. The van der Waals surface area contributed by atoms with Crippen molar-refractivity contribution in [2.24, 2.45) is 5.92 Å². The molecule has 0 radical (unpaired) electrons. The largest absolute Gasteiger partial charge is 0.372 e. The first kappa shape index (κ1) is 11.0. The van der Waals surface area contributed by atoms with Crippen molar-refractivity contribution >= 4 is 5.91 Å². The molecule has 1 aliphatic heterocycles. The van der Waals surface area contributed by atoms with Crippen molar-refractivity contribution in [3.63, 3.8) is 0 Å². The van der Waals surface area contributed by atoms with Crippen molar-refractivity contribution in [3.05, 3.63) is 0 Å². The van der Waals surface area contributed by atoms with Crippen molar-refractivity contribution in [2.45, 2.75) is 26.4 Å². The Morgan fingerprint density at radius 3 is 2.79 bits per heavy atom. The molecule has 78 valence electrons. The van der Waals surface area contributed by atoms with E-state index < -0.39 is 5.92 Å². The maximum absolute atomic E-state index is 11.7. The Morgan fingerprint density at radius 2 is 2.29 bits per heavy atom. The Bertz CT molecular complexity index is 268. The van der Waals surface area contributed by atoms with E-state index in [0.29, 0.717) is 19.7 Å². The standard InChI is InChI=1S/C10H16N2O2/c1-8(6-11)9(13)12-4-5-14-10(2,3)7-12/h8H,4-5,7H2,1-3H3. The number of morpholine rings is 1. The summed E-state index contributed by atoms with van der Waals surface area (Å²) >= 11 is 0. The maximum atomic E-state index is 11.7. The van der Waals surface area contributed by atoms with Gasteiger partial charge in [0.25, 0.3) is 0 Å². The van der Waals surface area contributed by atoms with Crippen LogP contribution in [0, 0.1) is 17.2 Å². The van der Waals surface area contributed by atoms with Gasteiger partial charge in [0.05, 0.1) is 18.3 Å². The van der Waals surface area contributed by atoms with Crippen molar-refractivity contribution in [3.8, 4) is 6.07 Å². The van der Waals surface area contributed by atoms with Crippen molar-refractivity contribution < 1.29 is 9.53 Å². The second-order valence-electron chi connectivity index (χ2n) is 4.22. The van der Waals surface area contributed by atoms with Crippen LogP contribution in [0.15, 0.2) is 0 Å². The average molecular weight is 196 g/mol. The third-order valence-corrected chi connectivity index (χ3v) is 2.30. The summed E-state index contributed by atoms with van der Waals surface area (Å²) in [4.78, 5) is 13.4. The minimum atomic E-state index is -0.552. The lowest BCUT2D eigenvalue weighted by atomic mass is 10.1. The molecule has 0 aromatic carbocycles. The molecule has 1 heterocycles. The molecule has 0 N–H and O–H groups in total. The number of nitriles is 1. The molecule has 1 unspecified atom stereocenters. The highest BCUT2D eigenvalue weighted by Crippen LogP contribution is 2.17. The summed E-state index contributed by atoms with van der Waals surface area (Å²) in [6.07, 6.45) is 0. The quantitative estimate of drug-likeness (QED) is 0.623. The van der Waals surface area contributed by atoms with Gasteiger partial charge < -0.3 is 9.64 Å². The first-order valence-electron chi connectivity index (χ1n) is 4.78. The maximum Gasteiger partial charge on any atom is 0.239 e. The Morgan fingerprint density at radius 1 is 1.64 bits per heavy atom. The first-order chi connectivity index (χ1) is 6.46. The SMILES string of the molecule is CC(C#N)C(=O)N1CCOC(C)(C)C1. The van der Waals surface area contributed by atoms with E-state index in [0.717, 1.165) is 0 Å². The van der Waals surface area contributed by atoms with Crippen LogP contribution >= 0.6 is 0 Å². The van der Waals surface area contributed by atoms with Gasteiger partial charge in [0.15, 0.2) is 0 Å². The summed E-state index contributed by atoms with van der Waals surface area (Å²) in [5.41, 5.74) is -0.289. The molecular weight excluding hydrogens is 180 g/mol. The Kier molecular flexibility index (Phi) is 3.12. The third kappa shape index (κ3) is 2.46. The van der Waals surface area contributed by atoms with Gasteiger partial charge in [0.2, 0.25) is 5.91 Å². The molecule has 1 saturated heterocycles. The number of rotatable bonds is 1. The molecule has 1 amide bonds. The molecule has 0 aromatic heterocycles. The molecule has 1 atom stereocenters. The summed E-state index contributed by atoms with van der Waals surface area (Å²) in [5, 5.41) is 8.64. The van der Waals surface area contributed by atoms with Crippen molar-refractivity contribution in [1.29, 1.82) is 5.26 Å². The van der Waals surface area contributed by atoms with Crippen LogP contribution in [0.25, 0.3) is 0 Å². The van der Waals surface area contributed by atoms with E-state index in [2.05, 4.69) is 0 Å². The highest BCUT2D eigenvalue weighted by Gasteiger charge is 2.31. The van der Waals surface area contributed by atoms with Crippen molar-refractivity contribution in [1.82, 2.24) is 4.90 Å². The predicted molar refractivity (Wildman–Crippen MR) is 51.4 cm³/mol. The topological polar surface area (TPSA) is 53.3 Å². The molecule has 1 rings (SSSR count). The first-order valence-corrected chi connectivity index (χ1v) is 4.78. The zero-order valence-corrected chi connectivity index (χ0v) is 8.91. The number of nitrogens with zero attached hydrogens (tertiary/aromatic N) is 2. The molecule has 0 bridgehead atoms. The second-order valence-corrected chi connectivity index (χ2v) is 4.22. The normalized spacial score (nSPS) is 22.6. The van der Waals surface area contributed by atoms with E-state index >= 15 is 0 Å². The number of hydrogen-bond acceptors (Lipinski definition) is 3. The van der Waals surface area contributed by atoms with Crippen LogP contribution in [-0.2, 0) is 9.53 Å². The number of carbonyl (C=O) groups excluding carboxylic acids is 1. The minimum Gasteiger partial charge on any atom is -0.372 e. The molecule has 1 aliphatic rings. The summed E-state index contributed by atoms with van der Waals surface area (Å²) in [6.45, 7) is 7.24. The third-order valence-electron chi connectivity index (χ3n) is 2.30. The fourth-order valence-corrected chi connectivity index (χ4v) is 1.53. The lowest BCUT2D eigenvalue weighted by molar-refractivity contribution is -0.147. The van der Waals surface area contributed by atoms with Gasteiger partial charge in [-0.15, -0.1) is 0 Å². The Balaban J connectivity index is 2.62. The van der Waals surface area contributed by atoms with Crippen LogP contribution < -0.4 is 0 Å². The summed E-state index contributed by atoms with van der Waals surface area (Å²) in [6, 6.07) is 1.96. The molecule has 0 spiro atoms.